The van der Waals surface area contributed by atoms with E-state index in [2.05, 4.69) is 44.9 Å². The third-order valence-electron chi connectivity index (χ3n) is 4.06. The first kappa shape index (κ1) is 16.0. The minimum atomic E-state index is 0.0233. The molecule has 0 saturated carbocycles. The van der Waals surface area contributed by atoms with E-state index in [0.29, 0.717) is 12.1 Å². The Bertz CT molecular complexity index is 364. The highest BCUT2D eigenvalue weighted by Gasteiger charge is 2.22. The van der Waals surface area contributed by atoms with E-state index in [4.69, 9.17) is 10.5 Å². The molecule has 1 aromatic rings. The molecule has 19 heavy (non-hydrogen) atoms. The van der Waals surface area contributed by atoms with Crippen LogP contribution in [0.25, 0.3) is 0 Å². The van der Waals surface area contributed by atoms with E-state index in [1.54, 1.807) is 7.11 Å². The maximum Gasteiger partial charge on any atom is 0.118 e. The van der Waals surface area contributed by atoms with Crippen molar-refractivity contribution in [2.75, 3.05) is 14.2 Å². The van der Waals surface area contributed by atoms with Crippen LogP contribution in [-0.4, -0.2) is 31.1 Å². The molecular weight excluding hydrogens is 236 g/mol. The van der Waals surface area contributed by atoms with Gasteiger partial charge in [0.25, 0.3) is 0 Å². The Kier molecular flexibility index (Phi) is 6.32. The van der Waals surface area contributed by atoms with Crippen LogP contribution in [0.2, 0.25) is 0 Å². The summed E-state index contributed by atoms with van der Waals surface area (Å²) in [5.74, 6) is 0.872. The van der Waals surface area contributed by atoms with Gasteiger partial charge in [0, 0.05) is 18.1 Å². The molecule has 1 rings (SSSR count). The predicted octanol–water partition coefficient (Wildman–Crippen LogP) is 3.20. The van der Waals surface area contributed by atoms with Crippen molar-refractivity contribution in [3.8, 4) is 5.75 Å². The molecule has 0 spiro atoms. The summed E-state index contributed by atoms with van der Waals surface area (Å²) in [6, 6.07) is 8.94. The second-order valence-electron chi connectivity index (χ2n) is 5.34. The first-order valence-electron chi connectivity index (χ1n) is 7.12. The summed E-state index contributed by atoms with van der Waals surface area (Å²) in [6.07, 6.45) is 2.41. The number of methoxy groups -OCH3 is 1. The SMILES string of the molecule is CCCC(C)N(C)C(C)C(N)c1ccc(OC)cc1. The van der Waals surface area contributed by atoms with Gasteiger partial charge in [-0.1, -0.05) is 25.5 Å². The predicted molar refractivity (Wildman–Crippen MR) is 81.5 cm³/mol. The number of hydrogen-bond donors (Lipinski definition) is 1. The molecule has 108 valence electrons. The van der Waals surface area contributed by atoms with Crippen molar-refractivity contribution < 1.29 is 4.74 Å². The number of likely N-dealkylation sites (N-methyl/N-ethyl adjacent to an activating group) is 1. The number of nitrogens with two attached hydrogens (primary N) is 1. The third-order valence-corrected chi connectivity index (χ3v) is 4.06. The number of ether oxygens (including phenoxy) is 1. The van der Waals surface area contributed by atoms with Crippen molar-refractivity contribution in [1.29, 1.82) is 0 Å². The smallest absolute Gasteiger partial charge is 0.118 e. The lowest BCUT2D eigenvalue weighted by Gasteiger charge is -2.34. The van der Waals surface area contributed by atoms with Gasteiger partial charge in [0.2, 0.25) is 0 Å². The van der Waals surface area contributed by atoms with Crippen LogP contribution in [0, 0.1) is 0 Å². The van der Waals surface area contributed by atoms with E-state index in [9.17, 15) is 0 Å². The second kappa shape index (κ2) is 7.51. The van der Waals surface area contributed by atoms with Crippen LogP contribution < -0.4 is 10.5 Å². The lowest BCUT2D eigenvalue weighted by Crippen LogP contribution is -2.43. The Hall–Kier alpha value is -1.06. The van der Waals surface area contributed by atoms with E-state index in [0.717, 1.165) is 11.3 Å². The Morgan fingerprint density at radius 2 is 1.79 bits per heavy atom. The molecule has 0 fully saturated rings. The molecule has 0 aliphatic carbocycles. The monoisotopic (exact) mass is 264 g/mol. The minimum Gasteiger partial charge on any atom is -0.497 e. The topological polar surface area (TPSA) is 38.5 Å². The summed E-state index contributed by atoms with van der Waals surface area (Å²) in [4.78, 5) is 2.37. The second-order valence-corrected chi connectivity index (χ2v) is 5.34. The summed E-state index contributed by atoms with van der Waals surface area (Å²) < 4.78 is 5.18. The van der Waals surface area contributed by atoms with Crippen LogP contribution >= 0.6 is 0 Å². The van der Waals surface area contributed by atoms with Gasteiger partial charge >= 0.3 is 0 Å². The van der Waals surface area contributed by atoms with E-state index >= 15 is 0 Å². The quantitative estimate of drug-likeness (QED) is 0.822. The van der Waals surface area contributed by atoms with Crippen molar-refractivity contribution >= 4 is 0 Å². The average Bonchev–Trinajstić information content (AvgIpc) is 2.45. The van der Waals surface area contributed by atoms with Crippen molar-refractivity contribution in [2.24, 2.45) is 5.73 Å². The third kappa shape index (κ3) is 4.22. The molecule has 0 bridgehead atoms. The lowest BCUT2D eigenvalue weighted by molar-refractivity contribution is 0.164. The Morgan fingerprint density at radius 3 is 2.26 bits per heavy atom. The molecule has 0 heterocycles. The van der Waals surface area contributed by atoms with Crippen LogP contribution in [0.4, 0.5) is 0 Å². The fraction of sp³-hybridized carbons (Fsp3) is 0.625. The van der Waals surface area contributed by atoms with Gasteiger partial charge < -0.3 is 10.5 Å². The first-order chi connectivity index (χ1) is 9.01. The van der Waals surface area contributed by atoms with Gasteiger partial charge in [-0.05, 0) is 45.0 Å². The maximum atomic E-state index is 6.38. The van der Waals surface area contributed by atoms with Gasteiger partial charge in [0.15, 0.2) is 0 Å². The summed E-state index contributed by atoms with van der Waals surface area (Å²) in [5, 5.41) is 0. The lowest BCUT2D eigenvalue weighted by atomic mass is 9.98. The molecule has 0 aromatic heterocycles. The summed E-state index contributed by atoms with van der Waals surface area (Å²) in [5.41, 5.74) is 7.54. The molecule has 2 N–H and O–H groups in total. The molecule has 0 amide bonds. The fourth-order valence-electron chi connectivity index (χ4n) is 2.38. The Morgan fingerprint density at radius 1 is 1.21 bits per heavy atom. The molecule has 3 unspecified atom stereocenters. The van der Waals surface area contributed by atoms with Gasteiger partial charge in [-0.3, -0.25) is 4.90 Å². The van der Waals surface area contributed by atoms with Gasteiger partial charge in [-0.25, -0.2) is 0 Å². The van der Waals surface area contributed by atoms with Crippen LogP contribution in [0.3, 0.4) is 0 Å². The van der Waals surface area contributed by atoms with Crippen molar-refractivity contribution in [3.63, 3.8) is 0 Å². The molecule has 1 aromatic carbocycles. The van der Waals surface area contributed by atoms with Crippen molar-refractivity contribution in [1.82, 2.24) is 4.90 Å². The van der Waals surface area contributed by atoms with Crippen molar-refractivity contribution in [3.05, 3.63) is 29.8 Å². The molecule has 0 saturated heterocycles. The van der Waals surface area contributed by atoms with Crippen LogP contribution in [0.15, 0.2) is 24.3 Å². The minimum absolute atomic E-state index is 0.0233. The number of hydrogen-bond acceptors (Lipinski definition) is 3. The molecule has 3 nitrogen and oxygen atoms in total. The number of rotatable bonds is 7. The molecule has 0 aliphatic rings. The van der Waals surface area contributed by atoms with Crippen LogP contribution in [0.1, 0.15) is 45.2 Å². The van der Waals surface area contributed by atoms with E-state index < -0.39 is 0 Å². The molecule has 3 atom stereocenters. The van der Waals surface area contributed by atoms with Gasteiger partial charge in [0.1, 0.15) is 5.75 Å². The summed E-state index contributed by atoms with van der Waals surface area (Å²) in [7, 11) is 3.84. The highest BCUT2D eigenvalue weighted by atomic mass is 16.5. The first-order valence-corrected chi connectivity index (χ1v) is 7.12. The average molecular weight is 264 g/mol. The highest BCUT2D eigenvalue weighted by Crippen LogP contribution is 2.22. The molecule has 0 aliphatic heterocycles. The Labute approximate surface area is 117 Å². The Balaban J connectivity index is 2.71. The molecular formula is C16H28N2O. The fourth-order valence-corrected chi connectivity index (χ4v) is 2.38. The van der Waals surface area contributed by atoms with Crippen LogP contribution in [0.5, 0.6) is 5.75 Å². The zero-order chi connectivity index (χ0) is 14.4. The molecule has 0 radical (unpaired) electrons. The van der Waals surface area contributed by atoms with Gasteiger partial charge in [0.05, 0.1) is 7.11 Å². The largest absolute Gasteiger partial charge is 0.497 e. The summed E-state index contributed by atoms with van der Waals surface area (Å²) in [6.45, 7) is 6.68. The van der Waals surface area contributed by atoms with Gasteiger partial charge in [-0.15, -0.1) is 0 Å². The molecule has 3 heteroatoms. The highest BCUT2D eigenvalue weighted by molar-refractivity contribution is 5.29. The normalized spacial score (nSPS) is 16.2. The summed E-state index contributed by atoms with van der Waals surface area (Å²) >= 11 is 0. The number of nitrogens with zero attached hydrogens (tertiary/aromatic N) is 1. The standard InChI is InChI=1S/C16H28N2O/c1-6-7-12(2)18(4)13(3)16(17)14-8-10-15(19-5)11-9-14/h8-13,16H,6-7,17H2,1-5H3. The van der Waals surface area contributed by atoms with E-state index in [1.165, 1.54) is 12.8 Å². The van der Waals surface area contributed by atoms with Crippen LogP contribution in [-0.2, 0) is 0 Å². The van der Waals surface area contributed by atoms with Crippen molar-refractivity contribution in [2.45, 2.75) is 51.7 Å². The zero-order valence-electron chi connectivity index (χ0n) is 12.9. The van der Waals surface area contributed by atoms with Gasteiger partial charge in [-0.2, -0.15) is 0 Å². The van der Waals surface area contributed by atoms with E-state index in [1.807, 2.05) is 12.1 Å². The van der Waals surface area contributed by atoms with E-state index in [-0.39, 0.29) is 6.04 Å². The zero-order valence-corrected chi connectivity index (χ0v) is 12.9. The number of benzene rings is 1. The maximum absolute atomic E-state index is 6.38.